The number of carbonyl (C=O) groups is 1. The van der Waals surface area contributed by atoms with Crippen molar-refractivity contribution in [3.05, 3.63) is 54.2 Å². The van der Waals surface area contributed by atoms with Crippen LogP contribution >= 0.6 is 0 Å². The van der Waals surface area contributed by atoms with Gasteiger partial charge >= 0.3 is 6.18 Å². The number of hydrogen-bond donors (Lipinski definition) is 2. The highest BCUT2D eigenvalue weighted by molar-refractivity contribution is 5.92. The molecule has 2 aliphatic heterocycles. The fourth-order valence-electron chi connectivity index (χ4n) is 4.79. The maximum atomic E-state index is 13.3. The first kappa shape index (κ1) is 23.3. The molecule has 37 heavy (non-hydrogen) atoms. The highest BCUT2D eigenvalue weighted by Gasteiger charge is 2.39. The molecular formula is C22H21F3N10O2. The second-order valence-corrected chi connectivity index (χ2v) is 8.85. The van der Waals surface area contributed by atoms with Crippen molar-refractivity contribution in [1.29, 1.82) is 0 Å². The molecule has 4 aromatic rings. The van der Waals surface area contributed by atoms with E-state index in [0.717, 1.165) is 12.3 Å². The van der Waals surface area contributed by atoms with Gasteiger partial charge in [0.1, 0.15) is 23.4 Å². The zero-order valence-corrected chi connectivity index (χ0v) is 19.3. The summed E-state index contributed by atoms with van der Waals surface area (Å²) in [6.45, 7) is 2.75. The summed E-state index contributed by atoms with van der Waals surface area (Å²) in [6.07, 6.45) is 0.823. The number of halogens is 3. The summed E-state index contributed by atoms with van der Waals surface area (Å²) < 4.78 is 45.8. The van der Waals surface area contributed by atoms with Crippen LogP contribution in [-0.2, 0) is 6.18 Å². The highest BCUT2D eigenvalue weighted by atomic mass is 19.4. The molecule has 12 nitrogen and oxygen atoms in total. The van der Waals surface area contributed by atoms with Gasteiger partial charge in [0.25, 0.3) is 5.91 Å². The first-order chi connectivity index (χ1) is 17.9. The van der Waals surface area contributed by atoms with E-state index < -0.39 is 11.7 Å². The lowest BCUT2D eigenvalue weighted by Crippen LogP contribution is -2.59. The predicted molar refractivity (Wildman–Crippen MR) is 122 cm³/mol. The first-order valence-corrected chi connectivity index (χ1v) is 11.6. The van der Waals surface area contributed by atoms with E-state index in [9.17, 15) is 18.0 Å². The van der Waals surface area contributed by atoms with E-state index in [0.29, 0.717) is 49.9 Å². The van der Waals surface area contributed by atoms with Crippen LogP contribution in [0.4, 0.5) is 19.0 Å². The lowest BCUT2D eigenvalue weighted by atomic mass is 9.96. The molecule has 0 aromatic carbocycles. The average Bonchev–Trinajstić information content (AvgIpc) is 3.69. The van der Waals surface area contributed by atoms with Gasteiger partial charge in [-0.15, -0.1) is 0 Å². The molecule has 0 bridgehead atoms. The van der Waals surface area contributed by atoms with Gasteiger partial charge in [-0.3, -0.25) is 20.0 Å². The molecule has 0 spiro atoms. The molecule has 4 aromatic heterocycles. The number of piperazine rings is 1. The second kappa shape index (κ2) is 9.08. The number of hydrazine groups is 1. The number of anilines is 1. The Labute approximate surface area is 207 Å². The van der Waals surface area contributed by atoms with Gasteiger partial charge in [0.2, 0.25) is 0 Å². The van der Waals surface area contributed by atoms with Crippen LogP contribution in [0, 0.1) is 5.92 Å². The van der Waals surface area contributed by atoms with Crippen LogP contribution < -0.4 is 15.8 Å². The molecular weight excluding hydrogens is 493 g/mol. The van der Waals surface area contributed by atoms with Crippen molar-refractivity contribution >= 4 is 17.4 Å². The van der Waals surface area contributed by atoms with Gasteiger partial charge in [-0.2, -0.15) is 13.2 Å². The summed E-state index contributed by atoms with van der Waals surface area (Å²) in [5.74, 6) is 0.725. The van der Waals surface area contributed by atoms with Gasteiger partial charge < -0.3 is 9.80 Å². The molecule has 192 valence electrons. The van der Waals surface area contributed by atoms with E-state index in [4.69, 9.17) is 0 Å². The Kier molecular flexibility index (Phi) is 5.72. The number of nitrogens with one attached hydrogen (secondary N) is 2. The van der Waals surface area contributed by atoms with Crippen LogP contribution in [0.1, 0.15) is 16.1 Å². The molecule has 1 unspecified atom stereocenters. The minimum Gasteiger partial charge on any atom is -0.353 e. The van der Waals surface area contributed by atoms with Crippen molar-refractivity contribution in [2.75, 3.05) is 37.6 Å². The Morgan fingerprint density at radius 3 is 2.68 bits per heavy atom. The second-order valence-electron chi connectivity index (χ2n) is 8.85. The fraction of sp³-hybridized carbons (Fsp3) is 0.364. The minimum atomic E-state index is -4.49. The number of nitrogens with zero attached hydrogens (tertiary/aromatic N) is 8. The van der Waals surface area contributed by atoms with Gasteiger partial charge in [0.05, 0.1) is 17.8 Å². The predicted octanol–water partition coefficient (Wildman–Crippen LogP) is 1.25. The summed E-state index contributed by atoms with van der Waals surface area (Å²) in [5, 5.41) is 7.24. The Morgan fingerprint density at radius 1 is 1.08 bits per heavy atom. The Bertz CT molecular complexity index is 1420. The minimum absolute atomic E-state index is 0.132. The van der Waals surface area contributed by atoms with Gasteiger partial charge in [-0.25, -0.2) is 19.6 Å². The number of aromatic nitrogens is 6. The number of fused-ring (bicyclic) bond motifs is 1. The smallest absolute Gasteiger partial charge is 0.353 e. The van der Waals surface area contributed by atoms with Crippen molar-refractivity contribution in [1.82, 2.24) is 45.4 Å². The number of pyridine rings is 1. The van der Waals surface area contributed by atoms with Crippen LogP contribution in [0.25, 0.3) is 17.2 Å². The number of imidazole rings is 1. The quantitative estimate of drug-likeness (QED) is 0.410. The average molecular weight is 514 g/mol. The highest BCUT2D eigenvalue weighted by Crippen LogP contribution is 2.31. The van der Waals surface area contributed by atoms with Crippen molar-refractivity contribution in [2.24, 2.45) is 5.92 Å². The standard InChI is InChI=1S/C22H21F3N10O2/c23-22(24,25)14-1-2-18-27-10-16(35(18)11-14)20-26-4-3-19(31-20)33-5-6-34(21(36)15-9-30-37-32-15)17(12-33)13-7-28-29-8-13/h1-4,9-11,13,17,28-29H,5-8,12H2. The molecule has 2 aliphatic rings. The summed E-state index contributed by atoms with van der Waals surface area (Å²) in [6, 6.07) is 3.89. The van der Waals surface area contributed by atoms with Crippen LogP contribution in [-0.4, -0.2) is 79.2 Å². The largest absolute Gasteiger partial charge is 0.417 e. The van der Waals surface area contributed by atoms with Crippen LogP contribution in [0.15, 0.2) is 47.6 Å². The summed E-state index contributed by atoms with van der Waals surface area (Å²) in [4.78, 5) is 30.1. The van der Waals surface area contributed by atoms with Crippen LogP contribution in [0.2, 0.25) is 0 Å². The maximum absolute atomic E-state index is 13.3. The molecule has 0 aliphatic carbocycles. The van der Waals surface area contributed by atoms with Gasteiger partial charge in [-0.05, 0) is 23.4 Å². The summed E-state index contributed by atoms with van der Waals surface area (Å²) >= 11 is 0. The maximum Gasteiger partial charge on any atom is 0.417 e. The van der Waals surface area contributed by atoms with Crippen LogP contribution in [0.5, 0.6) is 0 Å². The van der Waals surface area contributed by atoms with E-state index in [1.54, 1.807) is 17.2 Å². The third-order valence-corrected chi connectivity index (χ3v) is 6.68. The summed E-state index contributed by atoms with van der Waals surface area (Å²) in [5.41, 5.74) is 6.27. The molecule has 0 radical (unpaired) electrons. The molecule has 2 fully saturated rings. The van der Waals surface area contributed by atoms with Gasteiger partial charge in [0.15, 0.2) is 11.5 Å². The Morgan fingerprint density at radius 2 is 1.92 bits per heavy atom. The number of hydrogen-bond acceptors (Lipinski definition) is 10. The Hall–Kier alpha value is -4.11. The molecule has 15 heteroatoms. The summed E-state index contributed by atoms with van der Waals surface area (Å²) in [7, 11) is 0. The topological polar surface area (TPSA) is 130 Å². The van der Waals surface area contributed by atoms with Crippen molar-refractivity contribution in [3.8, 4) is 11.5 Å². The van der Waals surface area contributed by atoms with E-state index in [2.05, 4.69) is 40.7 Å². The fourth-order valence-corrected chi connectivity index (χ4v) is 4.79. The molecule has 2 N–H and O–H groups in total. The first-order valence-electron chi connectivity index (χ1n) is 11.6. The lowest BCUT2D eigenvalue weighted by Gasteiger charge is -2.43. The molecule has 1 atom stereocenters. The molecule has 1 amide bonds. The monoisotopic (exact) mass is 514 g/mol. The van der Waals surface area contributed by atoms with Crippen molar-refractivity contribution in [2.45, 2.75) is 12.2 Å². The van der Waals surface area contributed by atoms with Crippen molar-refractivity contribution in [3.63, 3.8) is 0 Å². The van der Waals surface area contributed by atoms with Crippen molar-refractivity contribution < 1.29 is 22.6 Å². The number of amides is 1. The third kappa shape index (κ3) is 4.35. The van der Waals surface area contributed by atoms with Crippen LogP contribution in [0.3, 0.4) is 0 Å². The van der Waals surface area contributed by atoms with E-state index in [-0.39, 0.29) is 29.4 Å². The lowest BCUT2D eigenvalue weighted by molar-refractivity contribution is -0.137. The zero-order chi connectivity index (χ0) is 25.6. The molecule has 6 rings (SSSR count). The Balaban J connectivity index is 1.30. The van der Waals surface area contributed by atoms with Gasteiger partial charge in [-0.1, -0.05) is 5.16 Å². The van der Waals surface area contributed by atoms with E-state index >= 15 is 0 Å². The van der Waals surface area contributed by atoms with E-state index in [1.165, 1.54) is 22.9 Å². The third-order valence-electron chi connectivity index (χ3n) is 6.68. The van der Waals surface area contributed by atoms with E-state index in [1.807, 2.05) is 4.90 Å². The zero-order valence-electron chi connectivity index (χ0n) is 19.3. The SMILES string of the molecule is O=C(c1cnon1)N1CCN(c2ccnc(-c3cnc4ccc(C(F)(F)F)cn34)n2)CC1C1CNNC1. The number of carbonyl (C=O) groups excluding carboxylic acids is 1. The number of alkyl halides is 3. The van der Waals surface area contributed by atoms with Gasteiger partial charge in [0, 0.05) is 51.0 Å². The number of rotatable bonds is 4. The molecule has 2 saturated heterocycles. The normalized spacial score (nSPS) is 19.2. The molecule has 0 saturated carbocycles. The molecule has 6 heterocycles.